The number of nitrogens with one attached hydrogen (secondary N) is 1. The maximum Gasteiger partial charge on any atom is 0.339 e. The summed E-state index contributed by atoms with van der Waals surface area (Å²) in [6, 6.07) is 25.5. The lowest BCUT2D eigenvalue weighted by Crippen LogP contribution is -2.11. The molecule has 7 nitrogen and oxygen atoms in total. The number of benzene rings is 4. The van der Waals surface area contributed by atoms with Crippen molar-refractivity contribution in [2.24, 2.45) is 0 Å². The van der Waals surface area contributed by atoms with Crippen molar-refractivity contribution in [3.63, 3.8) is 0 Å². The Morgan fingerprint density at radius 2 is 1.33 bits per heavy atom. The molecule has 0 aliphatic rings. The molecule has 1 atom stereocenters. The first-order valence-electron chi connectivity index (χ1n) is 10.8. The molecule has 0 heterocycles. The van der Waals surface area contributed by atoms with Crippen molar-refractivity contribution in [1.82, 2.24) is 0 Å². The van der Waals surface area contributed by atoms with Crippen LogP contribution in [0.1, 0.15) is 5.56 Å². The van der Waals surface area contributed by atoms with Gasteiger partial charge in [-0.25, -0.2) is 8.42 Å². The van der Waals surface area contributed by atoms with Crippen LogP contribution >= 0.6 is 9.24 Å². The fourth-order valence-electron chi connectivity index (χ4n) is 3.33. The monoisotopic (exact) mass is 541 g/mol. The van der Waals surface area contributed by atoms with Crippen LogP contribution in [-0.4, -0.2) is 23.9 Å². The number of anilines is 1. The Hall–Kier alpha value is -3.39. The van der Waals surface area contributed by atoms with Crippen LogP contribution in [0.5, 0.6) is 11.5 Å². The number of sulfone groups is 1. The summed E-state index contributed by atoms with van der Waals surface area (Å²) in [6.07, 6.45) is 0. The third-order valence-corrected chi connectivity index (χ3v) is 8.71. The number of hydrogen-bond donors (Lipinski definition) is 1. The van der Waals surface area contributed by atoms with Crippen molar-refractivity contribution in [1.29, 1.82) is 0 Å². The molecular weight excluding hydrogens is 517 g/mol. The van der Waals surface area contributed by atoms with Crippen molar-refractivity contribution in [3.05, 3.63) is 103 Å². The second-order valence-corrected chi connectivity index (χ2v) is 12.0. The Kier molecular flexibility index (Phi) is 7.64. The fraction of sp³-hybridized carbons (Fsp3) is 0.0769. The van der Waals surface area contributed by atoms with E-state index in [1.165, 1.54) is 42.5 Å². The molecule has 0 saturated carbocycles. The lowest BCUT2D eigenvalue weighted by atomic mass is 10.2. The van der Waals surface area contributed by atoms with Crippen LogP contribution in [0.25, 0.3) is 0 Å². The number of ether oxygens (including phenoxy) is 1. The molecule has 0 amide bonds. The molecule has 1 N–H and O–H groups in total. The van der Waals surface area contributed by atoms with E-state index in [0.717, 1.165) is 28.4 Å². The molecule has 0 bridgehead atoms. The predicted molar refractivity (Wildman–Crippen MR) is 142 cm³/mol. The van der Waals surface area contributed by atoms with Gasteiger partial charge in [0.2, 0.25) is 9.84 Å². The Labute approximate surface area is 213 Å². The topological polar surface area (TPSA) is 98.8 Å². The van der Waals surface area contributed by atoms with Gasteiger partial charge in [-0.05, 0) is 77.6 Å². The van der Waals surface area contributed by atoms with E-state index in [1.807, 2.05) is 24.3 Å². The SMILES string of the molecule is COc1ccc(CNc2ccc(OS(=O)(=O)c3cccc(S(=O)(=O)c4ccc(P)cc4)c3)cc2)cc1. The van der Waals surface area contributed by atoms with E-state index >= 15 is 0 Å². The third kappa shape index (κ3) is 6.05. The van der Waals surface area contributed by atoms with Crippen molar-refractivity contribution in [2.75, 3.05) is 12.4 Å². The molecule has 186 valence electrons. The van der Waals surface area contributed by atoms with Crippen LogP contribution in [0.4, 0.5) is 5.69 Å². The smallest absolute Gasteiger partial charge is 0.339 e. The standard InChI is InChI=1S/C26H24NO6PS2/c1-32-21-9-5-19(6-10-21)18-27-20-7-11-22(12-8-20)33-36(30,31)26-4-2-3-25(17-26)35(28,29)24-15-13-23(34)14-16-24/h2-17,27H,18,34H2,1H3. The molecule has 0 aliphatic carbocycles. The minimum atomic E-state index is -4.26. The lowest BCUT2D eigenvalue weighted by molar-refractivity contribution is 0.414. The molecule has 0 aromatic heterocycles. The number of rotatable bonds is 9. The molecule has 0 aliphatic heterocycles. The van der Waals surface area contributed by atoms with E-state index in [0.29, 0.717) is 6.54 Å². The number of methoxy groups -OCH3 is 1. The van der Waals surface area contributed by atoms with E-state index in [9.17, 15) is 16.8 Å². The molecule has 4 rings (SSSR count). The van der Waals surface area contributed by atoms with Crippen LogP contribution < -0.4 is 19.5 Å². The van der Waals surface area contributed by atoms with E-state index in [4.69, 9.17) is 8.92 Å². The molecule has 4 aromatic carbocycles. The Bertz CT molecular complexity index is 1550. The van der Waals surface area contributed by atoms with Gasteiger partial charge in [-0.3, -0.25) is 0 Å². The summed E-state index contributed by atoms with van der Waals surface area (Å²) in [5, 5.41) is 4.08. The fourth-order valence-corrected chi connectivity index (χ4v) is 5.88. The highest BCUT2D eigenvalue weighted by atomic mass is 32.2. The van der Waals surface area contributed by atoms with Gasteiger partial charge in [-0.1, -0.05) is 30.3 Å². The average Bonchev–Trinajstić information content (AvgIpc) is 2.89. The first kappa shape index (κ1) is 25.7. The van der Waals surface area contributed by atoms with Crippen LogP contribution in [0, 0.1) is 0 Å². The van der Waals surface area contributed by atoms with Crippen molar-refractivity contribution in [3.8, 4) is 11.5 Å². The van der Waals surface area contributed by atoms with Gasteiger partial charge in [-0.15, -0.1) is 9.24 Å². The van der Waals surface area contributed by atoms with E-state index in [2.05, 4.69) is 14.6 Å². The molecule has 0 spiro atoms. The molecule has 0 fully saturated rings. The zero-order valence-corrected chi connectivity index (χ0v) is 22.1. The van der Waals surface area contributed by atoms with Crippen LogP contribution in [0.15, 0.2) is 112 Å². The molecule has 0 saturated heterocycles. The second-order valence-electron chi connectivity index (χ2n) is 7.81. The van der Waals surface area contributed by atoms with Gasteiger partial charge in [0, 0.05) is 12.2 Å². The summed E-state index contributed by atoms with van der Waals surface area (Å²) >= 11 is 0. The van der Waals surface area contributed by atoms with E-state index in [1.54, 1.807) is 31.4 Å². The largest absolute Gasteiger partial charge is 0.497 e. The Balaban J connectivity index is 1.46. The molecule has 0 radical (unpaired) electrons. The van der Waals surface area contributed by atoms with Gasteiger partial charge in [0.25, 0.3) is 0 Å². The van der Waals surface area contributed by atoms with Crippen molar-refractivity contribution >= 4 is 40.2 Å². The number of hydrogen-bond acceptors (Lipinski definition) is 7. The second kappa shape index (κ2) is 10.7. The van der Waals surface area contributed by atoms with E-state index in [-0.39, 0.29) is 20.4 Å². The summed E-state index contributed by atoms with van der Waals surface area (Å²) in [7, 11) is -4.06. The minimum absolute atomic E-state index is 0.0712. The van der Waals surface area contributed by atoms with E-state index < -0.39 is 20.0 Å². The highest BCUT2D eigenvalue weighted by Gasteiger charge is 2.23. The molecule has 1 unspecified atom stereocenters. The first-order chi connectivity index (χ1) is 17.2. The maximum atomic E-state index is 13.0. The van der Waals surface area contributed by atoms with Crippen LogP contribution in [0.3, 0.4) is 0 Å². The highest BCUT2D eigenvalue weighted by Crippen LogP contribution is 2.26. The summed E-state index contributed by atoms with van der Waals surface area (Å²) in [4.78, 5) is -0.323. The first-order valence-corrected chi connectivity index (χ1v) is 14.3. The molecular formula is C26H24NO6PS2. The van der Waals surface area contributed by atoms with Gasteiger partial charge < -0.3 is 14.2 Å². The normalized spacial score (nSPS) is 11.6. The molecule has 10 heteroatoms. The summed E-state index contributed by atoms with van der Waals surface area (Å²) in [5.74, 6) is 0.883. The molecule has 36 heavy (non-hydrogen) atoms. The van der Waals surface area contributed by atoms with Gasteiger partial charge >= 0.3 is 10.1 Å². The zero-order valence-electron chi connectivity index (χ0n) is 19.3. The zero-order chi connectivity index (χ0) is 25.8. The average molecular weight is 542 g/mol. The van der Waals surface area contributed by atoms with Crippen molar-refractivity contribution < 1.29 is 25.8 Å². The van der Waals surface area contributed by atoms with Crippen LogP contribution in [-0.2, 0) is 26.5 Å². The van der Waals surface area contributed by atoms with Crippen molar-refractivity contribution in [2.45, 2.75) is 21.2 Å². The Morgan fingerprint density at radius 3 is 1.97 bits per heavy atom. The van der Waals surface area contributed by atoms with Gasteiger partial charge in [0.15, 0.2) is 0 Å². The van der Waals surface area contributed by atoms with Crippen LogP contribution in [0.2, 0.25) is 0 Å². The maximum absolute atomic E-state index is 13.0. The summed E-state index contributed by atoms with van der Waals surface area (Å²) < 4.78 is 62.1. The Morgan fingerprint density at radius 1 is 0.722 bits per heavy atom. The summed E-state index contributed by atoms with van der Waals surface area (Å²) in [6.45, 7) is 0.573. The highest BCUT2D eigenvalue weighted by molar-refractivity contribution is 7.91. The molecule has 4 aromatic rings. The quantitative estimate of drug-likeness (QED) is 0.248. The summed E-state index contributed by atoms with van der Waals surface area (Å²) in [5.41, 5.74) is 1.83. The lowest BCUT2D eigenvalue weighted by Gasteiger charge is -2.11. The van der Waals surface area contributed by atoms with Gasteiger partial charge in [0.05, 0.1) is 16.9 Å². The van der Waals surface area contributed by atoms with Gasteiger partial charge in [-0.2, -0.15) is 8.42 Å². The predicted octanol–water partition coefficient (Wildman–Crippen LogP) is 4.41. The van der Waals surface area contributed by atoms with Gasteiger partial charge in [0.1, 0.15) is 16.4 Å². The minimum Gasteiger partial charge on any atom is -0.497 e. The third-order valence-electron chi connectivity index (χ3n) is 5.31.